The summed E-state index contributed by atoms with van der Waals surface area (Å²) in [6.07, 6.45) is 0.659. The number of hydrogen-bond acceptors (Lipinski definition) is 6. The van der Waals surface area contributed by atoms with Gasteiger partial charge >= 0.3 is 6.09 Å². The van der Waals surface area contributed by atoms with Crippen molar-refractivity contribution in [3.63, 3.8) is 0 Å². The number of benzene rings is 2. The van der Waals surface area contributed by atoms with Gasteiger partial charge in [-0.15, -0.1) is 11.3 Å². The highest BCUT2D eigenvalue weighted by Crippen LogP contribution is 2.28. The lowest BCUT2D eigenvalue weighted by Crippen LogP contribution is -2.36. The number of anilines is 1. The minimum absolute atomic E-state index is 0.343. The van der Waals surface area contributed by atoms with Crippen LogP contribution in [0.3, 0.4) is 0 Å². The molecule has 29 heavy (non-hydrogen) atoms. The Hall–Kier alpha value is -3.19. The summed E-state index contributed by atoms with van der Waals surface area (Å²) in [5, 5.41) is 0.878. The van der Waals surface area contributed by atoms with E-state index in [9.17, 15) is 9.59 Å². The molecule has 1 aromatic heterocycles. The molecule has 3 aromatic rings. The number of imide groups is 1. The van der Waals surface area contributed by atoms with Gasteiger partial charge in [0.15, 0.2) is 0 Å². The SMILES string of the molecule is COC(=O)N(C(=O)C=C(C)C)c1ccc(OCc2nc3ccccc3s2)cc1C. The first kappa shape index (κ1) is 20.5. The molecule has 0 atom stereocenters. The van der Waals surface area contributed by atoms with Crippen molar-refractivity contribution in [1.82, 2.24) is 4.98 Å². The molecule has 0 aliphatic rings. The number of methoxy groups -OCH3 is 1. The summed E-state index contributed by atoms with van der Waals surface area (Å²) in [5.41, 5.74) is 2.91. The lowest BCUT2D eigenvalue weighted by atomic mass is 10.1. The second-order valence-electron chi connectivity index (χ2n) is 6.68. The Balaban J connectivity index is 1.79. The zero-order valence-corrected chi connectivity index (χ0v) is 17.6. The van der Waals surface area contributed by atoms with Crippen molar-refractivity contribution in [2.24, 2.45) is 0 Å². The molecule has 0 saturated carbocycles. The number of ether oxygens (including phenoxy) is 2. The second-order valence-corrected chi connectivity index (χ2v) is 7.79. The maximum absolute atomic E-state index is 12.5. The highest BCUT2D eigenvalue weighted by Gasteiger charge is 2.24. The Bertz CT molecular complexity index is 1050. The van der Waals surface area contributed by atoms with Gasteiger partial charge in [0, 0.05) is 6.08 Å². The Labute approximate surface area is 173 Å². The van der Waals surface area contributed by atoms with Gasteiger partial charge in [0.2, 0.25) is 0 Å². The van der Waals surface area contributed by atoms with Gasteiger partial charge in [-0.25, -0.2) is 14.7 Å². The van der Waals surface area contributed by atoms with Crippen LogP contribution < -0.4 is 9.64 Å². The van der Waals surface area contributed by atoms with Crippen molar-refractivity contribution in [2.45, 2.75) is 27.4 Å². The van der Waals surface area contributed by atoms with Crippen molar-refractivity contribution in [3.8, 4) is 5.75 Å². The van der Waals surface area contributed by atoms with Crippen molar-refractivity contribution in [1.29, 1.82) is 0 Å². The highest BCUT2D eigenvalue weighted by molar-refractivity contribution is 7.18. The van der Waals surface area contributed by atoms with E-state index in [1.807, 2.05) is 31.2 Å². The number of carbonyl (C=O) groups is 2. The largest absolute Gasteiger partial charge is 0.486 e. The molecule has 0 spiro atoms. The van der Waals surface area contributed by atoms with Crippen LogP contribution in [0.4, 0.5) is 10.5 Å². The predicted octanol–water partition coefficient (Wildman–Crippen LogP) is 5.25. The molecular formula is C22H22N2O4S. The average Bonchev–Trinajstić information content (AvgIpc) is 3.10. The third-order valence-electron chi connectivity index (χ3n) is 4.10. The van der Waals surface area contributed by atoms with E-state index in [0.29, 0.717) is 23.6 Å². The van der Waals surface area contributed by atoms with Gasteiger partial charge in [-0.1, -0.05) is 17.7 Å². The Morgan fingerprint density at radius 2 is 1.93 bits per heavy atom. The van der Waals surface area contributed by atoms with Crippen LogP contribution in [0.25, 0.3) is 10.2 Å². The highest BCUT2D eigenvalue weighted by atomic mass is 32.1. The first-order valence-electron chi connectivity index (χ1n) is 9.04. The number of para-hydroxylation sites is 1. The van der Waals surface area contributed by atoms with Gasteiger partial charge in [-0.3, -0.25) is 4.79 Å². The van der Waals surface area contributed by atoms with Crippen LogP contribution in [0.2, 0.25) is 0 Å². The fourth-order valence-electron chi connectivity index (χ4n) is 2.81. The smallest absolute Gasteiger partial charge is 0.421 e. The zero-order chi connectivity index (χ0) is 21.0. The van der Waals surface area contributed by atoms with Crippen LogP contribution in [0.1, 0.15) is 24.4 Å². The number of aromatic nitrogens is 1. The Kier molecular flexibility index (Phi) is 6.29. The number of carbonyl (C=O) groups excluding carboxylic acids is 2. The number of nitrogens with zero attached hydrogens (tertiary/aromatic N) is 2. The summed E-state index contributed by atoms with van der Waals surface area (Å²) >= 11 is 1.59. The molecule has 0 aliphatic carbocycles. The summed E-state index contributed by atoms with van der Waals surface area (Å²) < 4.78 is 11.8. The monoisotopic (exact) mass is 410 g/mol. The maximum atomic E-state index is 12.5. The van der Waals surface area contributed by atoms with Crippen LogP contribution in [-0.2, 0) is 16.1 Å². The summed E-state index contributed by atoms with van der Waals surface area (Å²) in [5.74, 6) is 0.174. The molecule has 0 bridgehead atoms. The van der Waals surface area contributed by atoms with E-state index in [2.05, 4.69) is 4.98 Å². The molecule has 0 N–H and O–H groups in total. The first-order chi connectivity index (χ1) is 13.9. The number of allylic oxidation sites excluding steroid dienone is 1. The molecule has 0 aliphatic heterocycles. The quantitative estimate of drug-likeness (QED) is 0.538. The normalized spacial score (nSPS) is 10.5. The summed E-state index contributed by atoms with van der Waals surface area (Å²) in [6.45, 7) is 5.74. The summed E-state index contributed by atoms with van der Waals surface area (Å²) in [6, 6.07) is 13.1. The van der Waals surface area contributed by atoms with E-state index in [4.69, 9.17) is 9.47 Å². The van der Waals surface area contributed by atoms with Gasteiger partial charge in [0.25, 0.3) is 5.91 Å². The number of thiazole rings is 1. The van der Waals surface area contributed by atoms with E-state index in [1.165, 1.54) is 13.2 Å². The standard InChI is InChI=1S/C22H22N2O4S/c1-14(2)11-21(25)24(22(26)27-4)18-10-9-16(12-15(18)3)28-13-20-23-17-7-5-6-8-19(17)29-20/h5-12H,13H2,1-4H3. The molecule has 0 radical (unpaired) electrons. The lowest BCUT2D eigenvalue weighted by molar-refractivity contribution is -0.113. The fourth-order valence-corrected chi connectivity index (χ4v) is 3.69. The molecule has 2 aromatic carbocycles. The molecule has 0 saturated heterocycles. The van der Waals surface area contributed by atoms with Gasteiger partial charge < -0.3 is 9.47 Å². The van der Waals surface area contributed by atoms with Gasteiger partial charge in [0.05, 0.1) is 23.0 Å². The summed E-state index contributed by atoms with van der Waals surface area (Å²) in [4.78, 5) is 30.2. The third kappa shape index (κ3) is 4.81. The molecule has 0 unspecified atom stereocenters. The summed E-state index contributed by atoms with van der Waals surface area (Å²) in [7, 11) is 1.25. The molecule has 6 nitrogen and oxygen atoms in total. The Morgan fingerprint density at radius 1 is 1.17 bits per heavy atom. The second kappa shape index (κ2) is 8.87. The fraction of sp³-hybridized carbons (Fsp3) is 0.227. The molecule has 7 heteroatoms. The van der Waals surface area contributed by atoms with Crippen LogP contribution in [0, 0.1) is 6.92 Å². The minimum atomic E-state index is -0.737. The van der Waals surface area contributed by atoms with E-state index < -0.39 is 12.0 Å². The minimum Gasteiger partial charge on any atom is -0.486 e. The van der Waals surface area contributed by atoms with E-state index in [-0.39, 0.29) is 0 Å². The van der Waals surface area contributed by atoms with Crippen LogP contribution >= 0.6 is 11.3 Å². The van der Waals surface area contributed by atoms with Gasteiger partial charge in [-0.2, -0.15) is 0 Å². The Morgan fingerprint density at radius 3 is 2.59 bits per heavy atom. The zero-order valence-electron chi connectivity index (χ0n) is 16.8. The maximum Gasteiger partial charge on any atom is 0.421 e. The molecule has 2 amide bonds. The molecule has 150 valence electrons. The van der Waals surface area contributed by atoms with Gasteiger partial charge in [0.1, 0.15) is 17.4 Å². The predicted molar refractivity (Wildman–Crippen MR) is 114 cm³/mol. The number of aryl methyl sites for hydroxylation is 1. The number of amides is 2. The van der Waals surface area contributed by atoms with Crippen molar-refractivity contribution >= 4 is 39.2 Å². The molecular weight excluding hydrogens is 388 g/mol. The van der Waals surface area contributed by atoms with E-state index in [0.717, 1.165) is 25.7 Å². The molecule has 1 heterocycles. The van der Waals surface area contributed by atoms with E-state index in [1.54, 1.807) is 43.4 Å². The average molecular weight is 410 g/mol. The van der Waals surface area contributed by atoms with Gasteiger partial charge in [-0.05, 0) is 56.7 Å². The third-order valence-corrected chi connectivity index (χ3v) is 5.11. The first-order valence-corrected chi connectivity index (χ1v) is 9.85. The van der Waals surface area contributed by atoms with Crippen LogP contribution in [-0.4, -0.2) is 24.1 Å². The molecule has 0 fully saturated rings. The van der Waals surface area contributed by atoms with Crippen LogP contribution in [0.15, 0.2) is 54.1 Å². The van der Waals surface area contributed by atoms with Crippen LogP contribution in [0.5, 0.6) is 5.75 Å². The van der Waals surface area contributed by atoms with Crippen molar-refractivity contribution < 1.29 is 19.1 Å². The number of rotatable bonds is 5. The van der Waals surface area contributed by atoms with Crippen molar-refractivity contribution in [2.75, 3.05) is 12.0 Å². The number of hydrogen-bond donors (Lipinski definition) is 0. The lowest BCUT2D eigenvalue weighted by Gasteiger charge is -2.20. The topological polar surface area (TPSA) is 68.7 Å². The van der Waals surface area contributed by atoms with E-state index >= 15 is 0 Å². The van der Waals surface area contributed by atoms with Crippen molar-refractivity contribution in [3.05, 3.63) is 64.7 Å². The number of fused-ring (bicyclic) bond motifs is 1. The molecule has 3 rings (SSSR count).